The molecule has 0 spiro atoms. The molecule has 0 radical (unpaired) electrons. The van der Waals surface area contributed by atoms with Crippen molar-refractivity contribution in [3.8, 4) is 5.75 Å². The Hall–Kier alpha value is -2.26. The summed E-state index contributed by atoms with van der Waals surface area (Å²) in [5.74, 6) is 1.61. The molecule has 4 rings (SSSR count). The molecule has 0 bridgehead atoms. The van der Waals surface area contributed by atoms with Gasteiger partial charge in [0.2, 0.25) is 0 Å². The number of carbonyl (C=O) groups excluding carboxylic acids is 1. The van der Waals surface area contributed by atoms with Crippen LogP contribution >= 0.6 is 11.6 Å². The number of carbonyl (C=O) groups is 1. The summed E-state index contributed by atoms with van der Waals surface area (Å²) < 4.78 is 11.4. The minimum absolute atomic E-state index is 0.404. The van der Waals surface area contributed by atoms with Crippen molar-refractivity contribution in [1.29, 1.82) is 0 Å². The number of rotatable bonds is 3. The van der Waals surface area contributed by atoms with E-state index in [0.29, 0.717) is 22.3 Å². The summed E-state index contributed by atoms with van der Waals surface area (Å²) in [5, 5.41) is 1.43. The summed E-state index contributed by atoms with van der Waals surface area (Å²) in [5.41, 5.74) is 1.22. The number of fused-ring (bicyclic) bond motifs is 1. The van der Waals surface area contributed by atoms with Gasteiger partial charge in [0.1, 0.15) is 17.1 Å². The molecule has 4 heteroatoms. The number of hydrogen-bond donors (Lipinski definition) is 0. The standard InChI is InChI=1S/C18H13ClO3/c19-13-8-6-12(7-9-13)18(20)22-16-3-1-2-15-14(16)10-17(21-15)11-4-5-11/h1-3,6-11H,4-5H2. The SMILES string of the molecule is O=C(Oc1cccc2oc(C3CC3)cc12)c1ccc(Cl)cc1. The van der Waals surface area contributed by atoms with Crippen molar-refractivity contribution in [2.75, 3.05) is 0 Å². The smallest absolute Gasteiger partial charge is 0.343 e. The highest BCUT2D eigenvalue weighted by molar-refractivity contribution is 6.30. The van der Waals surface area contributed by atoms with E-state index in [1.54, 1.807) is 30.3 Å². The number of ether oxygens (including phenoxy) is 1. The van der Waals surface area contributed by atoms with Crippen LogP contribution in [0.25, 0.3) is 11.0 Å². The average molecular weight is 313 g/mol. The molecule has 1 aromatic heterocycles. The molecule has 1 heterocycles. The highest BCUT2D eigenvalue weighted by Gasteiger charge is 2.27. The molecule has 110 valence electrons. The van der Waals surface area contributed by atoms with Gasteiger partial charge < -0.3 is 9.15 Å². The molecule has 1 fully saturated rings. The van der Waals surface area contributed by atoms with E-state index in [-0.39, 0.29) is 0 Å². The fraction of sp³-hybridized carbons (Fsp3) is 0.167. The van der Waals surface area contributed by atoms with E-state index < -0.39 is 5.97 Å². The highest BCUT2D eigenvalue weighted by Crippen LogP contribution is 2.43. The summed E-state index contributed by atoms with van der Waals surface area (Å²) in [6.07, 6.45) is 2.33. The summed E-state index contributed by atoms with van der Waals surface area (Å²) in [6, 6.07) is 14.1. The minimum atomic E-state index is -0.404. The van der Waals surface area contributed by atoms with Crippen molar-refractivity contribution in [3.63, 3.8) is 0 Å². The number of esters is 1. The Labute approximate surface area is 132 Å². The van der Waals surface area contributed by atoms with Gasteiger partial charge in [-0.2, -0.15) is 0 Å². The molecule has 3 aromatic rings. The van der Waals surface area contributed by atoms with E-state index in [2.05, 4.69) is 0 Å². The summed E-state index contributed by atoms with van der Waals surface area (Å²) in [4.78, 5) is 12.2. The second-order valence-electron chi connectivity index (χ2n) is 5.49. The molecule has 2 aromatic carbocycles. The topological polar surface area (TPSA) is 39.4 Å². The zero-order valence-corrected chi connectivity index (χ0v) is 12.5. The molecule has 3 nitrogen and oxygen atoms in total. The van der Waals surface area contributed by atoms with Gasteiger partial charge in [0.05, 0.1) is 10.9 Å². The van der Waals surface area contributed by atoms with Crippen molar-refractivity contribution in [2.45, 2.75) is 18.8 Å². The van der Waals surface area contributed by atoms with E-state index in [1.807, 2.05) is 18.2 Å². The molecular weight excluding hydrogens is 300 g/mol. The van der Waals surface area contributed by atoms with Crippen LogP contribution in [0, 0.1) is 0 Å². The Morgan fingerprint density at radius 3 is 2.64 bits per heavy atom. The second kappa shape index (κ2) is 5.18. The molecule has 1 aliphatic carbocycles. The Morgan fingerprint density at radius 2 is 1.91 bits per heavy atom. The number of furan rings is 1. The van der Waals surface area contributed by atoms with Crippen LogP contribution < -0.4 is 4.74 Å². The van der Waals surface area contributed by atoms with E-state index in [4.69, 9.17) is 20.8 Å². The van der Waals surface area contributed by atoms with Crippen LogP contribution in [0.5, 0.6) is 5.75 Å². The molecule has 0 N–H and O–H groups in total. The Morgan fingerprint density at radius 1 is 1.14 bits per heavy atom. The third kappa shape index (κ3) is 2.48. The monoisotopic (exact) mass is 312 g/mol. The van der Waals surface area contributed by atoms with Crippen molar-refractivity contribution >= 4 is 28.5 Å². The fourth-order valence-corrected chi connectivity index (χ4v) is 2.58. The largest absolute Gasteiger partial charge is 0.461 e. The van der Waals surface area contributed by atoms with Crippen molar-refractivity contribution in [3.05, 3.63) is 64.9 Å². The van der Waals surface area contributed by atoms with Gasteiger partial charge in [0.25, 0.3) is 0 Å². The number of halogens is 1. The predicted molar refractivity (Wildman–Crippen MR) is 84.6 cm³/mol. The van der Waals surface area contributed by atoms with E-state index in [1.165, 1.54) is 12.8 Å². The summed E-state index contributed by atoms with van der Waals surface area (Å²) in [7, 11) is 0. The maximum absolute atomic E-state index is 12.2. The Balaban J connectivity index is 1.65. The lowest BCUT2D eigenvalue weighted by Gasteiger charge is -2.05. The van der Waals surface area contributed by atoms with Gasteiger partial charge in [-0.1, -0.05) is 17.7 Å². The van der Waals surface area contributed by atoms with Crippen molar-refractivity contribution in [1.82, 2.24) is 0 Å². The predicted octanol–water partition coefficient (Wildman–Crippen LogP) is 5.18. The van der Waals surface area contributed by atoms with Gasteiger partial charge in [-0.25, -0.2) is 4.79 Å². The van der Waals surface area contributed by atoms with Gasteiger partial charge in [-0.05, 0) is 55.3 Å². The molecule has 0 saturated heterocycles. The normalized spacial score (nSPS) is 14.2. The summed E-state index contributed by atoms with van der Waals surface area (Å²) in [6.45, 7) is 0. The van der Waals surface area contributed by atoms with Gasteiger partial charge in [-0.15, -0.1) is 0 Å². The van der Waals surface area contributed by atoms with Gasteiger partial charge in [0, 0.05) is 10.9 Å². The molecule has 0 aliphatic heterocycles. The maximum Gasteiger partial charge on any atom is 0.343 e. The summed E-state index contributed by atoms with van der Waals surface area (Å²) >= 11 is 5.83. The van der Waals surface area contributed by atoms with Gasteiger partial charge >= 0.3 is 5.97 Å². The molecule has 22 heavy (non-hydrogen) atoms. The quantitative estimate of drug-likeness (QED) is 0.494. The zero-order chi connectivity index (χ0) is 15.1. The molecule has 1 aliphatic rings. The Bertz CT molecular complexity index is 844. The first kappa shape index (κ1) is 13.4. The van der Waals surface area contributed by atoms with Crippen LogP contribution in [0.15, 0.2) is 52.9 Å². The molecular formula is C18H13ClO3. The lowest BCUT2D eigenvalue weighted by atomic mass is 10.2. The lowest BCUT2D eigenvalue weighted by Crippen LogP contribution is -2.08. The van der Waals surface area contributed by atoms with Crippen LogP contribution in [0.4, 0.5) is 0 Å². The Kier molecular flexibility index (Phi) is 3.16. The molecule has 0 unspecified atom stereocenters. The lowest BCUT2D eigenvalue weighted by molar-refractivity contribution is 0.0737. The number of benzene rings is 2. The third-order valence-electron chi connectivity index (χ3n) is 3.80. The molecule has 0 atom stereocenters. The minimum Gasteiger partial charge on any atom is -0.461 e. The highest BCUT2D eigenvalue weighted by atomic mass is 35.5. The fourth-order valence-electron chi connectivity index (χ4n) is 2.46. The van der Waals surface area contributed by atoms with E-state index >= 15 is 0 Å². The molecule has 0 amide bonds. The van der Waals surface area contributed by atoms with E-state index in [9.17, 15) is 4.79 Å². The second-order valence-corrected chi connectivity index (χ2v) is 5.92. The van der Waals surface area contributed by atoms with Crippen LogP contribution in [-0.2, 0) is 0 Å². The molecule has 1 saturated carbocycles. The first-order chi connectivity index (χ1) is 10.7. The zero-order valence-electron chi connectivity index (χ0n) is 11.7. The van der Waals surface area contributed by atoms with Crippen LogP contribution in [0.3, 0.4) is 0 Å². The van der Waals surface area contributed by atoms with Gasteiger partial charge in [0.15, 0.2) is 0 Å². The van der Waals surface area contributed by atoms with Crippen LogP contribution in [0.1, 0.15) is 34.9 Å². The van der Waals surface area contributed by atoms with Crippen LogP contribution in [-0.4, -0.2) is 5.97 Å². The average Bonchev–Trinajstić information content (AvgIpc) is 3.27. The van der Waals surface area contributed by atoms with Crippen LogP contribution in [0.2, 0.25) is 5.02 Å². The number of hydrogen-bond acceptors (Lipinski definition) is 3. The van der Waals surface area contributed by atoms with Crippen molar-refractivity contribution < 1.29 is 13.9 Å². The third-order valence-corrected chi connectivity index (χ3v) is 4.05. The van der Waals surface area contributed by atoms with Gasteiger partial charge in [-0.3, -0.25) is 0 Å². The van der Waals surface area contributed by atoms with Crippen molar-refractivity contribution in [2.24, 2.45) is 0 Å². The first-order valence-corrected chi connectivity index (χ1v) is 7.59. The van der Waals surface area contributed by atoms with E-state index in [0.717, 1.165) is 16.7 Å². The maximum atomic E-state index is 12.2. The first-order valence-electron chi connectivity index (χ1n) is 7.21.